The van der Waals surface area contributed by atoms with Crippen molar-refractivity contribution in [1.82, 2.24) is 4.98 Å². The topological polar surface area (TPSA) is 52.3 Å². The Morgan fingerprint density at radius 3 is 2.68 bits per heavy atom. The van der Waals surface area contributed by atoms with Gasteiger partial charge in [-0.15, -0.1) is 0 Å². The molecule has 2 heterocycles. The molecule has 0 saturated heterocycles. The molecule has 0 aliphatic heterocycles. The van der Waals surface area contributed by atoms with E-state index in [-0.39, 0.29) is 5.78 Å². The first-order valence-corrected chi connectivity index (χ1v) is 8.37. The Morgan fingerprint density at radius 2 is 1.96 bits per heavy atom. The number of hydrogen-bond acceptors (Lipinski definition) is 3. The minimum atomic E-state index is 0.0126. The fourth-order valence-electron chi connectivity index (χ4n) is 3.33. The van der Waals surface area contributed by atoms with Crippen LogP contribution in [0.2, 0.25) is 0 Å². The van der Waals surface area contributed by atoms with E-state index < -0.39 is 0 Å². The Balaban J connectivity index is 1.64. The summed E-state index contributed by atoms with van der Waals surface area (Å²) in [7, 11) is 6.05. The molecule has 0 unspecified atom stereocenters. The first kappa shape index (κ1) is 15.6. The number of aromatic amines is 1. The zero-order chi connectivity index (χ0) is 17.6. The Bertz CT molecular complexity index is 996. The van der Waals surface area contributed by atoms with Crippen LogP contribution in [0.25, 0.3) is 10.8 Å². The van der Waals surface area contributed by atoms with Crippen LogP contribution in [0.5, 0.6) is 0 Å². The molecule has 3 aromatic rings. The van der Waals surface area contributed by atoms with Crippen LogP contribution in [-0.4, -0.2) is 30.6 Å². The zero-order valence-electron chi connectivity index (χ0n) is 14.7. The molecule has 5 nitrogen and oxygen atoms in total. The molecule has 4 rings (SSSR count). The minimum Gasteiger partial charge on any atom is -0.378 e. The number of nitrogens with zero attached hydrogens (tertiary/aromatic N) is 3. The van der Waals surface area contributed by atoms with E-state index in [9.17, 15) is 4.79 Å². The molecule has 0 amide bonds. The lowest BCUT2D eigenvalue weighted by Gasteiger charge is -2.13. The van der Waals surface area contributed by atoms with Crippen LogP contribution in [-0.2, 0) is 20.0 Å². The minimum absolute atomic E-state index is 0.0126. The van der Waals surface area contributed by atoms with Crippen LogP contribution >= 0.6 is 0 Å². The van der Waals surface area contributed by atoms with Crippen LogP contribution < -0.4 is 9.47 Å². The van der Waals surface area contributed by atoms with Crippen molar-refractivity contribution >= 4 is 28.0 Å². The molecular weight excluding hydrogens is 312 g/mol. The summed E-state index contributed by atoms with van der Waals surface area (Å²) in [6.07, 6.45) is 4.50. The first-order chi connectivity index (χ1) is 12.0. The predicted molar refractivity (Wildman–Crippen MR) is 99.4 cm³/mol. The van der Waals surface area contributed by atoms with Crippen LogP contribution in [0, 0.1) is 0 Å². The van der Waals surface area contributed by atoms with Gasteiger partial charge in [-0.05, 0) is 17.7 Å². The van der Waals surface area contributed by atoms with Crippen molar-refractivity contribution in [1.29, 1.82) is 0 Å². The van der Waals surface area contributed by atoms with E-state index in [0.29, 0.717) is 24.4 Å². The summed E-state index contributed by atoms with van der Waals surface area (Å²) in [6, 6.07) is 10.3. The molecule has 126 valence electrons. The number of hydrogen-bond donors (Lipinski definition) is 1. The molecule has 2 aromatic heterocycles. The number of aryl methyl sites for hydroxylation is 1. The Morgan fingerprint density at radius 1 is 1.20 bits per heavy atom. The van der Waals surface area contributed by atoms with Crippen molar-refractivity contribution in [3.8, 4) is 0 Å². The number of H-pyrrole nitrogens is 1. The van der Waals surface area contributed by atoms with Crippen LogP contribution in [0.1, 0.15) is 21.7 Å². The monoisotopic (exact) mass is 333 g/mol. The van der Waals surface area contributed by atoms with E-state index >= 15 is 0 Å². The van der Waals surface area contributed by atoms with Gasteiger partial charge in [-0.2, -0.15) is 0 Å². The van der Waals surface area contributed by atoms with Gasteiger partial charge in [0.1, 0.15) is 12.7 Å². The quantitative estimate of drug-likeness (QED) is 0.749. The second-order valence-electron chi connectivity index (χ2n) is 6.70. The summed E-state index contributed by atoms with van der Waals surface area (Å²) >= 11 is 0. The average Bonchev–Trinajstić information content (AvgIpc) is 3.04. The van der Waals surface area contributed by atoms with Gasteiger partial charge in [-0.3, -0.25) is 9.79 Å². The molecule has 1 aliphatic carbocycles. The molecule has 0 atom stereocenters. The third-order valence-corrected chi connectivity index (χ3v) is 4.83. The molecule has 0 radical (unpaired) electrons. The van der Waals surface area contributed by atoms with Gasteiger partial charge in [-0.25, -0.2) is 4.57 Å². The van der Waals surface area contributed by atoms with Crippen molar-refractivity contribution in [3.63, 3.8) is 0 Å². The maximum Gasteiger partial charge on any atom is 0.224 e. The normalized spacial score (nSPS) is 15.2. The first-order valence-electron chi connectivity index (χ1n) is 8.37. The molecule has 0 saturated carbocycles. The molecule has 1 aromatic carbocycles. The number of carbonyl (C=O) groups excluding carboxylic acids is 1. The lowest BCUT2D eigenvalue weighted by Crippen LogP contribution is -2.38. The van der Waals surface area contributed by atoms with Crippen molar-refractivity contribution in [3.05, 3.63) is 59.7 Å². The highest BCUT2D eigenvalue weighted by Crippen LogP contribution is 2.26. The molecule has 5 heteroatoms. The van der Waals surface area contributed by atoms with E-state index in [0.717, 1.165) is 27.7 Å². The van der Waals surface area contributed by atoms with Crippen molar-refractivity contribution < 1.29 is 9.36 Å². The van der Waals surface area contributed by atoms with E-state index in [1.54, 1.807) is 0 Å². The van der Waals surface area contributed by atoms with Gasteiger partial charge in [-0.1, -0.05) is 12.1 Å². The number of rotatable bonds is 3. The van der Waals surface area contributed by atoms with E-state index in [4.69, 9.17) is 0 Å². The highest BCUT2D eigenvalue weighted by molar-refractivity contribution is 6.49. The maximum atomic E-state index is 12.8. The summed E-state index contributed by atoms with van der Waals surface area (Å²) < 4.78 is 2.08. The summed E-state index contributed by atoms with van der Waals surface area (Å²) in [5.41, 5.74) is 4.67. The van der Waals surface area contributed by atoms with Gasteiger partial charge in [0.2, 0.25) is 5.78 Å². The number of aliphatic imine (C=N–C) groups is 1. The number of ketones is 1. The van der Waals surface area contributed by atoms with Gasteiger partial charge < -0.3 is 9.88 Å². The van der Waals surface area contributed by atoms with Crippen LogP contribution in [0.4, 0.5) is 5.69 Å². The standard InChI is InChI=1S/C20H20N4O/c1-23(2)15-6-4-13(5-7-15)11-21-16-10-17-18-14(8-9-24(17)3)12-22-19(18)20(16)25/h4-9,12H,10-11H2,1-3H3/p+1. The van der Waals surface area contributed by atoms with Gasteiger partial charge in [0.05, 0.1) is 24.1 Å². The van der Waals surface area contributed by atoms with Crippen LogP contribution in [0.15, 0.2) is 47.7 Å². The van der Waals surface area contributed by atoms with E-state index in [1.807, 2.05) is 39.6 Å². The zero-order valence-corrected chi connectivity index (χ0v) is 14.7. The summed E-state index contributed by atoms with van der Waals surface area (Å²) in [5, 5.41) is 2.11. The molecular formula is C20H21N4O+. The number of pyridine rings is 1. The van der Waals surface area contributed by atoms with Crippen molar-refractivity contribution in [2.75, 3.05) is 19.0 Å². The number of benzene rings is 1. The second kappa shape index (κ2) is 5.84. The average molecular weight is 333 g/mol. The number of Topliss-reactive ketones (excluding diaryl/α,β-unsaturated/α-hetero) is 1. The number of carbonyl (C=O) groups is 1. The number of aromatic nitrogens is 2. The molecule has 1 N–H and O–H groups in total. The Hall–Kier alpha value is -2.95. The summed E-state index contributed by atoms with van der Waals surface area (Å²) in [4.78, 5) is 22.6. The summed E-state index contributed by atoms with van der Waals surface area (Å²) in [5.74, 6) is 0.0126. The van der Waals surface area contributed by atoms with Gasteiger partial charge in [0.15, 0.2) is 11.9 Å². The highest BCUT2D eigenvalue weighted by atomic mass is 16.1. The summed E-state index contributed by atoms with van der Waals surface area (Å²) in [6.45, 7) is 0.518. The number of anilines is 1. The third kappa shape index (κ3) is 2.61. The third-order valence-electron chi connectivity index (χ3n) is 4.83. The predicted octanol–water partition coefficient (Wildman–Crippen LogP) is 2.44. The van der Waals surface area contributed by atoms with E-state index in [2.05, 4.69) is 43.7 Å². The molecule has 0 fully saturated rings. The highest BCUT2D eigenvalue weighted by Gasteiger charge is 2.31. The molecule has 25 heavy (non-hydrogen) atoms. The Labute approximate surface area is 146 Å². The largest absolute Gasteiger partial charge is 0.378 e. The van der Waals surface area contributed by atoms with Crippen molar-refractivity contribution in [2.45, 2.75) is 13.0 Å². The number of nitrogens with one attached hydrogen (secondary N) is 1. The lowest BCUT2D eigenvalue weighted by atomic mass is 9.95. The fraction of sp³-hybridized carbons (Fsp3) is 0.250. The van der Waals surface area contributed by atoms with Crippen molar-refractivity contribution in [2.24, 2.45) is 12.0 Å². The lowest BCUT2D eigenvalue weighted by molar-refractivity contribution is -0.677. The second-order valence-corrected chi connectivity index (χ2v) is 6.70. The fourth-order valence-corrected chi connectivity index (χ4v) is 3.33. The smallest absolute Gasteiger partial charge is 0.224 e. The molecule has 0 bridgehead atoms. The van der Waals surface area contributed by atoms with Gasteiger partial charge >= 0.3 is 0 Å². The van der Waals surface area contributed by atoms with Crippen LogP contribution in [0.3, 0.4) is 0 Å². The maximum absolute atomic E-state index is 12.8. The SMILES string of the molecule is CN(C)c1ccc(CN=C2Cc3c4c([nH]cc4cc[n+]3C)C2=O)cc1. The van der Waals surface area contributed by atoms with Gasteiger partial charge in [0.25, 0.3) is 0 Å². The molecule has 1 aliphatic rings. The van der Waals surface area contributed by atoms with E-state index in [1.165, 1.54) is 0 Å². The molecule has 0 spiro atoms. The van der Waals surface area contributed by atoms with Gasteiger partial charge in [0, 0.05) is 37.4 Å². The Kier molecular flexibility index (Phi) is 3.64.